The van der Waals surface area contributed by atoms with Crippen LogP contribution < -0.4 is 10.2 Å². The highest BCUT2D eigenvalue weighted by Gasteiger charge is 2.14. The number of hydrogen-bond acceptors (Lipinski definition) is 6. The Bertz CT molecular complexity index is 472. The summed E-state index contributed by atoms with van der Waals surface area (Å²) in [4.78, 5) is 16.1. The van der Waals surface area contributed by atoms with Gasteiger partial charge in [0.2, 0.25) is 15.9 Å². The summed E-state index contributed by atoms with van der Waals surface area (Å²) in [5.41, 5.74) is 2.19. The minimum Gasteiger partial charge on any atom is -0.382 e. The van der Waals surface area contributed by atoms with E-state index < -0.39 is 15.9 Å². The van der Waals surface area contributed by atoms with Crippen LogP contribution in [0, 0.1) is 0 Å². The third kappa shape index (κ3) is 6.12. The van der Waals surface area contributed by atoms with Crippen LogP contribution in [0.25, 0.3) is 0 Å². The van der Waals surface area contributed by atoms with Crippen LogP contribution in [0.2, 0.25) is 0 Å². The molecule has 0 aliphatic rings. The second-order valence-electron chi connectivity index (χ2n) is 3.45. The summed E-state index contributed by atoms with van der Waals surface area (Å²) < 4.78 is 30.7. The number of carbonyl (C=O) groups is 1. The van der Waals surface area contributed by atoms with E-state index in [9.17, 15) is 13.2 Å². The summed E-state index contributed by atoms with van der Waals surface area (Å²) in [5, 5.41) is 1.67. The number of hydrogen-bond donors (Lipinski definition) is 2. The SMILES string of the molecule is COCCONC(=O)CCNS(=O)(=O)c1cccs1. The van der Waals surface area contributed by atoms with E-state index in [0.717, 1.165) is 11.3 Å². The van der Waals surface area contributed by atoms with E-state index >= 15 is 0 Å². The van der Waals surface area contributed by atoms with E-state index in [0.29, 0.717) is 6.61 Å². The van der Waals surface area contributed by atoms with Gasteiger partial charge in [-0.25, -0.2) is 18.6 Å². The predicted octanol–water partition coefficient (Wildman–Crippen LogP) is 0.111. The summed E-state index contributed by atoms with van der Waals surface area (Å²) in [7, 11) is -2.00. The fourth-order valence-corrected chi connectivity index (χ4v) is 3.16. The largest absolute Gasteiger partial charge is 0.382 e. The van der Waals surface area contributed by atoms with Crippen molar-refractivity contribution in [3.63, 3.8) is 0 Å². The second-order valence-corrected chi connectivity index (χ2v) is 6.39. The molecule has 108 valence electrons. The van der Waals surface area contributed by atoms with Crippen molar-refractivity contribution in [2.24, 2.45) is 0 Å². The second kappa shape index (κ2) is 8.23. The number of carbonyl (C=O) groups excluding carboxylic acids is 1. The van der Waals surface area contributed by atoms with E-state index in [4.69, 9.17) is 9.57 Å². The fourth-order valence-electron chi connectivity index (χ4n) is 1.09. The molecule has 0 aromatic carbocycles. The molecule has 0 atom stereocenters. The summed E-state index contributed by atoms with van der Waals surface area (Å²) in [5.74, 6) is -0.398. The predicted molar refractivity (Wildman–Crippen MR) is 70.1 cm³/mol. The number of ether oxygens (including phenoxy) is 1. The van der Waals surface area contributed by atoms with Crippen molar-refractivity contribution in [2.75, 3.05) is 26.9 Å². The highest BCUT2D eigenvalue weighted by molar-refractivity contribution is 7.91. The molecule has 1 heterocycles. The first kappa shape index (κ1) is 16.1. The molecule has 0 unspecified atom stereocenters. The summed E-state index contributed by atoms with van der Waals surface area (Å²) in [6.07, 6.45) is -0.00239. The Morgan fingerprint density at radius 3 is 2.84 bits per heavy atom. The maximum atomic E-state index is 11.7. The Balaban J connectivity index is 2.21. The number of nitrogens with one attached hydrogen (secondary N) is 2. The van der Waals surface area contributed by atoms with Gasteiger partial charge in [-0.2, -0.15) is 0 Å². The number of methoxy groups -OCH3 is 1. The zero-order chi connectivity index (χ0) is 14.1. The summed E-state index contributed by atoms with van der Waals surface area (Å²) in [6, 6.07) is 3.15. The molecule has 0 spiro atoms. The van der Waals surface area contributed by atoms with Gasteiger partial charge in [0, 0.05) is 20.1 Å². The Hall–Kier alpha value is -1.00. The van der Waals surface area contributed by atoms with Gasteiger partial charge in [-0.1, -0.05) is 6.07 Å². The van der Waals surface area contributed by atoms with Crippen LogP contribution in [0.4, 0.5) is 0 Å². The van der Waals surface area contributed by atoms with Gasteiger partial charge in [0.15, 0.2) is 0 Å². The molecule has 7 nitrogen and oxygen atoms in total. The van der Waals surface area contributed by atoms with Crippen LogP contribution in [-0.2, 0) is 24.4 Å². The molecule has 0 radical (unpaired) electrons. The molecule has 9 heteroatoms. The van der Waals surface area contributed by atoms with Crippen molar-refractivity contribution in [3.05, 3.63) is 17.5 Å². The lowest BCUT2D eigenvalue weighted by Crippen LogP contribution is -2.31. The lowest BCUT2D eigenvalue weighted by atomic mass is 10.4. The first-order chi connectivity index (χ1) is 9.06. The van der Waals surface area contributed by atoms with Crippen molar-refractivity contribution in [1.82, 2.24) is 10.2 Å². The topological polar surface area (TPSA) is 93.7 Å². The van der Waals surface area contributed by atoms with Crippen LogP contribution in [0.3, 0.4) is 0 Å². The standard InChI is InChI=1S/C10H16N2O5S2/c1-16-6-7-17-12-9(13)4-5-11-19(14,15)10-3-2-8-18-10/h2-3,8,11H,4-7H2,1H3,(H,12,13). The third-order valence-electron chi connectivity index (χ3n) is 1.98. The van der Waals surface area contributed by atoms with Gasteiger partial charge in [0.1, 0.15) is 4.21 Å². The maximum absolute atomic E-state index is 11.7. The van der Waals surface area contributed by atoms with Crippen molar-refractivity contribution in [1.29, 1.82) is 0 Å². The average Bonchev–Trinajstić information content (AvgIpc) is 2.89. The van der Waals surface area contributed by atoms with E-state index in [1.54, 1.807) is 11.4 Å². The maximum Gasteiger partial charge on any atom is 0.250 e. The minimum atomic E-state index is -3.51. The summed E-state index contributed by atoms with van der Waals surface area (Å²) >= 11 is 1.12. The van der Waals surface area contributed by atoms with E-state index in [1.165, 1.54) is 13.2 Å². The molecule has 0 aliphatic carbocycles. The van der Waals surface area contributed by atoms with Gasteiger partial charge in [-0.3, -0.25) is 9.63 Å². The number of rotatable bonds is 9. The fraction of sp³-hybridized carbons (Fsp3) is 0.500. The van der Waals surface area contributed by atoms with Gasteiger partial charge in [-0.05, 0) is 11.4 Å². The Morgan fingerprint density at radius 1 is 1.42 bits per heavy atom. The van der Waals surface area contributed by atoms with E-state index in [1.807, 2.05) is 0 Å². The van der Waals surface area contributed by atoms with Gasteiger partial charge in [0.05, 0.1) is 13.2 Å². The normalized spacial score (nSPS) is 11.4. The zero-order valence-electron chi connectivity index (χ0n) is 10.4. The number of hydroxylamine groups is 1. The molecular formula is C10H16N2O5S2. The van der Waals surface area contributed by atoms with Crippen molar-refractivity contribution < 1.29 is 22.8 Å². The van der Waals surface area contributed by atoms with E-state index in [2.05, 4.69) is 10.2 Å². The van der Waals surface area contributed by atoms with Gasteiger partial charge in [-0.15, -0.1) is 11.3 Å². The monoisotopic (exact) mass is 308 g/mol. The molecule has 0 aliphatic heterocycles. The van der Waals surface area contributed by atoms with E-state index in [-0.39, 0.29) is 23.8 Å². The summed E-state index contributed by atoms with van der Waals surface area (Å²) in [6.45, 7) is 0.619. The van der Waals surface area contributed by atoms with Crippen LogP contribution in [0.1, 0.15) is 6.42 Å². The molecule has 1 aromatic heterocycles. The van der Waals surface area contributed by atoms with Crippen LogP contribution in [0.15, 0.2) is 21.7 Å². The molecule has 0 fully saturated rings. The minimum absolute atomic E-state index is 0.00239. The molecule has 0 bridgehead atoms. The van der Waals surface area contributed by atoms with Gasteiger partial charge in [0.25, 0.3) is 0 Å². The first-order valence-corrected chi connectivity index (χ1v) is 7.85. The molecule has 19 heavy (non-hydrogen) atoms. The average molecular weight is 308 g/mol. The number of thiophene rings is 1. The number of sulfonamides is 1. The third-order valence-corrected chi connectivity index (χ3v) is 4.84. The van der Waals surface area contributed by atoms with Crippen molar-refractivity contribution in [2.45, 2.75) is 10.6 Å². The lowest BCUT2D eigenvalue weighted by Gasteiger charge is -2.06. The van der Waals surface area contributed by atoms with Crippen molar-refractivity contribution >= 4 is 27.3 Å². The van der Waals surface area contributed by atoms with Crippen LogP contribution >= 0.6 is 11.3 Å². The Kier molecular flexibility index (Phi) is 6.95. The first-order valence-electron chi connectivity index (χ1n) is 5.49. The Morgan fingerprint density at radius 2 is 2.21 bits per heavy atom. The molecule has 1 amide bonds. The molecule has 0 saturated heterocycles. The molecular weight excluding hydrogens is 292 g/mol. The highest BCUT2D eigenvalue weighted by Crippen LogP contribution is 2.14. The van der Waals surface area contributed by atoms with Crippen LogP contribution in [0.5, 0.6) is 0 Å². The van der Waals surface area contributed by atoms with Gasteiger partial charge >= 0.3 is 0 Å². The molecule has 1 aromatic rings. The quantitative estimate of drug-likeness (QED) is 0.499. The van der Waals surface area contributed by atoms with Gasteiger partial charge < -0.3 is 4.74 Å². The zero-order valence-corrected chi connectivity index (χ0v) is 12.1. The molecule has 0 saturated carbocycles. The van der Waals surface area contributed by atoms with Crippen LogP contribution in [-0.4, -0.2) is 41.2 Å². The number of amides is 1. The lowest BCUT2D eigenvalue weighted by molar-refractivity contribution is -0.134. The van der Waals surface area contributed by atoms with Crippen molar-refractivity contribution in [3.8, 4) is 0 Å². The smallest absolute Gasteiger partial charge is 0.250 e. The molecule has 2 N–H and O–H groups in total. The molecule has 1 rings (SSSR count). The highest BCUT2D eigenvalue weighted by atomic mass is 32.2. The Labute approximate surface area is 115 Å².